The van der Waals surface area contributed by atoms with Crippen molar-refractivity contribution < 1.29 is 14.6 Å². The molecule has 0 unspecified atom stereocenters. The maximum Gasteiger partial charge on any atom is 0.289 e. The van der Waals surface area contributed by atoms with Gasteiger partial charge in [0.25, 0.3) is 5.91 Å². The van der Waals surface area contributed by atoms with Crippen LogP contribution in [0.5, 0.6) is 11.5 Å². The van der Waals surface area contributed by atoms with Crippen molar-refractivity contribution in [3.8, 4) is 22.8 Å². The van der Waals surface area contributed by atoms with E-state index in [1.165, 1.54) is 17.8 Å². The highest BCUT2D eigenvalue weighted by atomic mass is 16.5. The summed E-state index contributed by atoms with van der Waals surface area (Å²) in [6.45, 7) is 6.65. The molecule has 0 saturated carbocycles. The largest absolute Gasteiger partial charge is 0.504 e. The van der Waals surface area contributed by atoms with E-state index in [1.54, 1.807) is 18.2 Å². The molecule has 1 aromatic heterocycles. The van der Waals surface area contributed by atoms with Crippen molar-refractivity contribution in [2.45, 2.75) is 27.2 Å². The second-order valence-corrected chi connectivity index (χ2v) is 7.32. The van der Waals surface area contributed by atoms with Crippen molar-refractivity contribution in [3.05, 3.63) is 65.4 Å². The standard InChI is InChI=1S/C23H26N4O3/c1-4-30-22-12-17(7-10-21(22)28)14-24-27-23(29)20-13-19(25-26-20)18-8-5-16(6-9-18)11-15(2)3/h5-10,12-15,28H,4,11H2,1-3H3,(H,25,26)(H,27,29)/b24-14+. The van der Waals surface area contributed by atoms with Crippen molar-refractivity contribution in [3.63, 3.8) is 0 Å². The number of phenolic OH excluding ortho intramolecular Hbond substituents is 1. The minimum Gasteiger partial charge on any atom is -0.504 e. The van der Waals surface area contributed by atoms with Crippen molar-refractivity contribution in [2.24, 2.45) is 11.0 Å². The van der Waals surface area contributed by atoms with Gasteiger partial charge in [-0.15, -0.1) is 0 Å². The number of hydrogen-bond acceptors (Lipinski definition) is 5. The van der Waals surface area contributed by atoms with E-state index in [1.807, 2.05) is 19.1 Å². The van der Waals surface area contributed by atoms with Crippen molar-refractivity contribution >= 4 is 12.1 Å². The Morgan fingerprint density at radius 1 is 1.23 bits per heavy atom. The van der Waals surface area contributed by atoms with Gasteiger partial charge >= 0.3 is 0 Å². The number of aromatic nitrogens is 2. The monoisotopic (exact) mass is 406 g/mol. The van der Waals surface area contributed by atoms with Crippen molar-refractivity contribution in [1.82, 2.24) is 15.6 Å². The zero-order valence-corrected chi connectivity index (χ0v) is 17.3. The van der Waals surface area contributed by atoms with Gasteiger partial charge < -0.3 is 9.84 Å². The highest BCUT2D eigenvalue weighted by Crippen LogP contribution is 2.26. The van der Waals surface area contributed by atoms with Gasteiger partial charge in [-0.3, -0.25) is 9.89 Å². The highest BCUT2D eigenvalue weighted by Gasteiger charge is 2.11. The molecule has 3 rings (SSSR count). The number of ether oxygens (including phenoxy) is 1. The number of benzene rings is 2. The molecule has 0 saturated heterocycles. The van der Waals surface area contributed by atoms with E-state index in [0.29, 0.717) is 35.2 Å². The lowest BCUT2D eigenvalue weighted by Gasteiger charge is -2.05. The Kier molecular flexibility index (Phi) is 6.85. The fourth-order valence-corrected chi connectivity index (χ4v) is 2.98. The number of nitrogens with zero attached hydrogens (tertiary/aromatic N) is 2. The van der Waals surface area contributed by atoms with Crippen LogP contribution in [0.25, 0.3) is 11.3 Å². The van der Waals surface area contributed by atoms with Crippen LogP contribution in [0.3, 0.4) is 0 Å². The van der Waals surface area contributed by atoms with Crippen LogP contribution < -0.4 is 10.2 Å². The number of aromatic hydroxyl groups is 1. The van der Waals surface area contributed by atoms with E-state index < -0.39 is 5.91 Å². The van der Waals surface area contributed by atoms with Gasteiger partial charge in [0.15, 0.2) is 11.5 Å². The molecule has 7 heteroatoms. The summed E-state index contributed by atoms with van der Waals surface area (Å²) in [5.74, 6) is 0.625. The van der Waals surface area contributed by atoms with Gasteiger partial charge in [-0.1, -0.05) is 38.1 Å². The Morgan fingerprint density at radius 3 is 2.70 bits per heavy atom. The van der Waals surface area contributed by atoms with Gasteiger partial charge in [0.1, 0.15) is 5.69 Å². The maximum absolute atomic E-state index is 12.3. The van der Waals surface area contributed by atoms with Gasteiger partial charge in [-0.05, 0) is 54.7 Å². The highest BCUT2D eigenvalue weighted by molar-refractivity contribution is 5.94. The number of aromatic amines is 1. The lowest BCUT2D eigenvalue weighted by molar-refractivity contribution is 0.0950. The minimum absolute atomic E-state index is 0.0558. The van der Waals surface area contributed by atoms with E-state index in [2.05, 4.69) is 46.7 Å². The summed E-state index contributed by atoms with van der Waals surface area (Å²) in [6.07, 6.45) is 2.50. The fraction of sp³-hybridized carbons (Fsp3) is 0.261. The third kappa shape index (κ3) is 5.47. The average molecular weight is 406 g/mol. The van der Waals surface area contributed by atoms with E-state index in [-0.39, 0.29) is 5.75 Å². The minimum atomic E-state index is -0.398. The van der Waals surface area contributed by atoms with E-state index in [0.717, 1.165) is 12.0 Å². The van der Waals surface area contributed by atoms with Crippen LogP contribution in [0.2, 0.25) is 0 Å². The van der Waals surface area contributed by atoms with Crippen LogP contribution >= 0.6 is 0 Å². The fourth-order valence-electron chi connectivity index (χ4n) is 2.98. The first-order valence-corrected chi connectivity index (χ1v) is 9.90. The number of nitrogens with one attached hydrogen (secondary N) is 2. The molecule has 30 heavy (non-hydrogen) atoms. The van der Waals surface area contributed by atoms with E-state index in [4.69, 9.17) is 4.74 Å². The lowest BCUT2D eigenvalue weighted by atomic mass is 10.0. The van der Waals surface area contributed by atoms with Gasteiger partial charge in [0.05, 0.1) is 18.5 Å². The molecule has 1 amide bonds. The molecule has 0 aliphatic heterocycles. The van der Waals surface area contributed by atoms with Crippen LogP contribution in [0, 0.1) is 5.92 Å². The maximum atomic E-state index is 12.3. The molecule has 3 aromatic rings. The Hall–Kier alpha value is -3.61. The molecule has 0 fully saturated rings. The summed E-state index contributed by atoms with van der Waals surface area (Å²) in [4.78, 5) is 12.3. The predicted molar refractivity (Wildman–Crippen MR) is 117 cm³/mol. The number of carbonyl (C=O) groups excluding carboxylic acids is 1. The molecular formula is C23H26N4O3. The molecule has 0 radical (unpaired) electrons. The molecule has 7 nitrogen and oxygen atoms in total. The van der Waals surface area contributed by atoms with Crippen LogP contribution in [-0.4, -0.2) is 34.0 Å². The summed E-state index contributed by atoms with van der Waals surface area (Å²) in [5, 5.41) is 20.7. The smallest absolute Gasteiger partial charge is 0.289 e. The molecule has 0 bridgehead atoms. The predicted octanol–water partition coefficient (Wildman–Crippen LogP) is 4.14. The summed E-state index contributed by atoms with van der Waals surface area (Å²) < 4.78 is 5.33. The van der Waals surface area contributed by atoms with Gasteiger partial charge in [-0.25, -0.2) is 5.43 Å². The topological polar surface area (TPSA) is 99.6 Å². The zero-order chi connectivity index (χ0) is 21.5. The van der Waals surface area contributed by atoms with Gasteiger partial charge in [0.2, 0.25) is 0 Å². The molecular weight excluding hydrogens is 380 g/mol. The van der Waals surface area contributed by atoms with Crippen molar-refractivity contribution in [2.75, 3.05) is 6.61 Å². The molecule has 0 spiro atoms. The Balaban J connectivity index is 1.62. The molecule has 0 atom stereocenters. The molecule has 1 heterocycles. The van der Waals surface area contributed by atoms with E-state index in [9.17, 15) is 9.90 Å². The molecule has 0 aliphatic rings. The second-order valence-electron chi connectivity index (χ2n) is 7.32. The van der Waals surface area contributed by atoms with Crippen LogP contribution in [0.1, 0.15) is 42.4 Å². The third-order valence-corrected chi connectivity index (χ3v) is 4.38. The Morgan fingerprint density at radius 2 is 2.00 bits per heavy atom. The van der Waals surface area contributed by atoms with Crippen LogP contribution in [-0.2, 0) is 6.42 Å². The first kappa shape index (κ1) is 21.1. The number of H-pyrrole nitrogens is 1. The number of phenols is 1. The first-order chi connectivity index (χ1) is 14.5. The number of hydrazone groups is 1. The van der Waals surface area contributed by atoms with Crippen molar-refractivity contribution in [1.29, 1.82) is 0 Å². The number of rotatable bonds is 8. The first-order valence-electron chi connectivity index (χ1n) is 9.90. The summed E-state index contributed by atoms with van der Waals surface area (Å²) in [5.41, 5.74) is 6.37. The van der Waals surface area contributed by atoms with E-state index >= 15 is 0 Å². The second kappa shape index (κ2) is 9.73. The molecule has 3 N–H and O–H groups in total. The Bertz CT molecular complexity index is 1020. The molecule has 156 valence electrons. The van der Waals surface area contributed by atoms with Crippen LogP contribution in [0.4, 0.5) is 0 Å². The quantitative estimate of drug-likeness (QED) is 0.387. The number of hydrogen-bond donors (Lipinski definition) is 3. The number of carbonyl (C=O) groups is 1. The normalized spacial score (nSPS) is 11.2. The van der Waals surface area contributed by atoms with Gasteiger partial charge in [-0.2, -0.15) is 10.2 Å². The number of amides is 1. The lowest BCUT2D eigenvalue weighted by Crippen LogP contribution is -2.18. The Labute approximate surface area is 175 Å². The van der Waals surface area contributed by atoms with Gasteiger partial charge in [0, 0.05) is 5.56 Å². The zero-order valence-electron chi connectivity index (χ0n) is 17.3. The molecule has 2 aromatic carbocycles. The molecule has 0 aliphatic carbocycles. The third-order valence-electron chi connectivity index (χ3n) is 4.38. The summed E-state index contributed by atoms with van der Waals surface area (Å²) in [7, 11) is 0. The SMILES string of the molecule is CCOc1cc(/C=N/NC(=O)c2cc(-c3ccc(CC(C)C)cc3)n[nH]2)ccc1O. The van der Waals surface area contributed by atoms with Crippen LogP contribution in [0.15, 0.2) is 53.6 Å². The average Bonchev–Trinajstić information content (AvgIpc) is 3.21. The summed E-state index contributed by atoms with van der Waals surface area (Å²) >= 11 is 0. The summed E-state index contributed by atoms with van der Waals surface area (Å²) in [6, 6.07) is 14.7.